The van der Waals surface area contributed by atoms with Crippen molar-refractivity contribution in [2.75, 3.05) is 25.5 Å². The van der Waals surface area contributed by atoms with Crippen LogP contribution in [0.25, 0.3) is 21.6 Å². The molecule has 0 unspecified atom stereocenters. The maximum atomic E-state index is 13.3. The van der Waals surface area contributed by atoms with Gasteiger partial charge in [-0.25, -0.2) is 0 Å². The van der Waals surface area contributed by atoms with Crippen LogP contribution in [0.1, 0.15) is 31.7 Å². The van der Waals surface area contributed by atoms with Crippen LogP contribution in [-0.4, -0.2) is 52.0 Å². The first-order valence-corrected chi connectivity index (χ1v) is 11.3. The van der Waals surface area contributed by atoms with Gasteiger partial charge in [0.25, 0.3) is 0 Å². The molecule has 0 spiro atoms. The number of nitrogens with two attached hydrogens (primary N) is 1. The Kier molecular flexibility index (Phi) is 7.55. The maximum absolute atomic E-state index is 13.3. The van der Waals surface area contributed by atoms with Crippen molar-refractivity contribution in [3.63, 3.8) is 0 Å². The summed E-state index contributed by atoms with van der Waals surface area (Å²) in [4.78, 5) is 2.28. The average Bonchev–Trinajstić information content (AvgIpc) is 3.36. The topological polar surface area (TPSA) is 72.0 Å². The standard InChI is InChI=1S/C19H23F3N6S.C2H6/c1-27-7-5-12(6-8-27)24-14-3-2-4-15-13(14)9-16(28(15)11-19(20,21)22)18-26-25-17(10-23)29-18;1-2/h2-4,9,12,24H,5-8,10-11,23H2,1H3;1-2H3. The summed E-state index contributed by atoms with van der Waals surface area (Å²) >= 11 is 1.22. The van der Waals surface area contributed by atoms with Gasteiger partial charge >= 0.3 is 6.18 Å². The highest BCUT2D eigenvalue weighted by molar-refractivity contribution is 7.14. The van der Waals surface area contributed by atoms with Crippen molar-refractivity contribution < 1.29 is 13.2 Å². The van der Waals surface area contributed by atoms with Crippen molar-refractivity contribution in [3.8, 4) is 10.7 Å². The Morgan fingerprint density at radius 1 is 1.19 bits per heavy atom. The second kappa shape index (κ2) is 9.97. The van der Waals surface area contributed by atoms with E-state index in [4.69, 9.17) is 5.73 Å². The average molecular weight is 455 g/mol. The summed E-state index contributed by atoms with van der Waals surface area (Å²) in [5.41, 5.74) is 7.39. The lowest BCUT2D eigenvalue weighted by Gasteiger charge is -2.30. The zero-order chi connectivity index (χ0) is 22.6. The number of piperidine rings is 1. The molecule has 1 aliphatic rings. The summed E-state index contributed by atoms with van der Waals surface area (Å²) in [6, 6.07) is 7.51. The Labute approximate surface area is 184 Å². The third kappa shape index (κ3) is 5.55. The summed E-state index contributed by atoms with van der Waals surface area (Å²) in [6.45, 7) is 5.13. The summed E-state index contributed by atoms with van der Waals surface area (Å²) < 4.78 is 41.3. The fraction of sp³-hybridized carbons (Fsp3) is 0.524. The number of likely N-dealkylation sites (tertiary alicyclic amines) is 1. The molecule has 0 saturated carbocycles. The predicted molar refractivity (Wildman–Crippen MR) is 120 cm³/mol. The first kappa shape index (κ1) is 23.5. The lowest BCUT2D eigenvalue weighted by Crippen LogP contribution is -2.36. The van der Waals surface area contributed by atoms with Crippen LogP contribution < -0.4 is 11.1 Å². The Morgan fingerprint density at radius 2 is 1.90 bits per heavy atom. The maximum Gasteiger partial charge on any atom is 0.406 e. The first-order valence-electron chi connectivity index (χ1n) is 10.5. The van der Waals surface area contributed by atoms with Crippen LogP contribution in [-0.2, 0) is 13.1 Å². The Balaban J connectivity index is 0.00000132. The van der Waals surface area contributed by atoms with Crippen molar-refractivity contribution in [2.45, 2.75) is 52.0 Å². The van der Waals surface area contributed by atoms with E-state index < -0.39 is 12.7 Å². The van der Waals surface area contributed by atoms with Gasteiger partial charge in [-0.2, -0.15) is 13.2 Å². The highest BCUT2D eigenvalue weighted by Crippen LogP contribution is 2.36. The van der Waals surface area contributed by atoms with E-state index in [1.807, 2.05) is 19.9 Å². The van der Waals surface area contributed by atoms with Gasteiger partial charge < -0.3 is 20.5 Å². The van der Waals surface area contributed by atoms with Gasteiger partial charge in [0.1, 0.15) is 11.6 Å². The number of nitrogens with zero attached hydrogens (tertiary/aromatic N) is 4. The molecule has 2 aromatic heterocycles. The van der Waals surface area contributed by atoms with E-state index in [1.54, 1.807) is 18.2 Å². The van der Waals surface area contributed by atoms with Gasteiger partial charge in [0.2, 0.25) is 0 Å². The van der Waals surface area contributed by atoms with Crippen molar-refractivity contribution in [2.24, 2.45) is 5.73 Å². The number of halogens is 3. The molecule has 6 nitrogen and oxygen atoms in total. The fourth-order valence-corrected chi connectivity index (χ4v) is 4.49. The van der Waals surface area contributed by atoms with Crippen molar-refractivity contribution >= 4 is 27.9 Å². The van der Waals surface area contributed by atoms with Gasteiger partial charge in [-0.3, -0.25) is 0 Å². The number of aromatic nitrogens is 3. The zero-order valence-corrected chi connectivity index (χ0v) is 18.9. The quantitative estimate of drug-likeness (QED) is 0.584. The number of hydrogen-bond donors (Lipinski definition) is 2. The summed E-state index contributed by atoms with van der Waals surface area (Å²) in [5, 5.41) is 13.4. The highest BCUT2D eigenvalue weighted by atomic mass is 32.1. The smallest absolute Gasteiger partial charge is 0.382 e. The number of rotatable bonds is 5. The molecule has 3 heterocycles. The molecule has 0 radical (unpaired) electrons. The van der Waals surface area contributed by atoms with Crippen molar-refractivity contribution in [1.82, 2.24) is 19.7 Å². The summed E-state index contributed by atoms with van der Waals surface area (Å²) in [5.74, 6) is 0. The monoisotopic (exact) mass is 454 g/mol. The molecule has 0 bridgehead atoms. The number of fused-ring (bicyclic) bond motifs is 1. The summed E-state index contributed by atoms with van der Waals surface area (Å²) in [6.07, 6.45) is -2.35. The van der Waals surface area contributed by atoms with Crippen LogP contribution in [0.4, 0.5) is 18.9 Å². The second-order valence-corrected chi connectivity index (χ2v) is 8.46. The van der Waals surface area contributed by atoms with Gasteiger partial charge in [0, 0.05) is 23.7 Å². The SMILES string of the molecule is CC.CN1CCC(Nc2cccc3c2cc(-c2nnc(CN)s2)n3CC(F)(F)F)CC1. The number of benzene rings is 1. The number of alkyl halides is 3. The molecular weight excluding hydrogens is 425 g/mol. The predicted octanol–water partition coefficient (Wildman–Crippen LogP) is 4.71. The van der Waals surface area contributed by atoms with Crippen LogP contribution in [0.3, 0.4) is 0 Å². The largest absolute Gasteiger partial charge is 0.406 e. The molecule has 0 aliphatic carbocycles. The van der Waals surface area contributed by atoms with E-state index in [2.05, 4.69) is 27.5 Å². The van der Waals surface area contributed by atoms with Crippen molar-refractivity contribution in [1.29, 1.82) is 0 Å². The first-order chi connectivity index (χ1) is 14.8. The molecule has 1 aliphatic heterocycles. The Bertz CT molecular complexity index is 989. The van der Waals surface area contributed by atoms with Crippen LogP contribution in [0.2, 0.25) is 0 Å². The van der Waals surface area contributed by atoms with E-state index in [1.165, 1.54) is 15.9 Å². The minimum absolute atomic E-state index is 0.208. The minimum Gasteiger partial charge on any atom is -0.382 e. The van der Waals surface area contributed by atoms with Gasteiger partial charge in [-0.1, -0.05) is 31.3 Å². The van der Waals surface area contributed by atoms with Crippen LogP contribution >= 0.6 is 11.3 Å². The molecule has 1 saturated heterocycles. The van der Waals surface area contributed by atoms with Crippen LogP contribution in [0.5, 0.6) is 0 Å². The molecule has 1 fully saturated rings. The lowest BCUT2D eigenvalue weighted by atomic mass is 10.0. The molecule has 1 aromatic carbocycles. The Morgan fingerprint density at radius 3 is 2.52 bits per heavy atom. The number of nitrogens with one attached hydrogen (secondary N) is 1. The number of hydrogen-bond acceptors (Lipinski definition) is 6. The Hall–Kier alpha value is -2.17. The zero-order valence-electron chi connectivity index (χ0n) is 18.0. The molecular formula is C21H29F3N6S. The molecule has 4 rings (SSSR count). The van der Waals surface area contributed by atoms with Crippen LogP contribution in [0, 0.1) is 0 Å². The molecule has 170 valence electrons. The van der Waals surface area contributed by atoms with Gasteiger partial charge in [-0.15, -0.1) is 10.2 Å². The molecule has 10 heteroatoms. The van der Waals surface area contributed by atoms with E-state index in [0.717, 1.165) is 37.0 Å². The highest BCUT2D eigenvalue weighted by Gasteiger charge is 2.31. The fourth-order valence-electron chi connectivity index (χ4n) is 3.75. The van der Waals surface area contributed by atoms with E-state index in [-0.39, 0.29) is 6.54 Å². The third-order valence-corrected chi connectivity index (χ3v) is 6.19. The normalized spacial score (nSPS) is 15.7. The summed E-state index contributed by atoms with van der Waals surface area (Å²) in [7, 11) is 2.10. The lowest BCUT2D eigenvalue weighted by molar-refractivity contribution is -0.139. The van der Waals surface area contributed by atoms with Gasteiger partial charge in [0.15, 0.2) is 5.01 Å². The van der Waals surface area contributed by atoms with Gasteiger partial charge in [-0.05, 0) is 51.2 Å². The minimum atomic E-state index is -4.35. The molecule has 31 heavy (non-hydrogen) atoms. The molecule has 0 atom stereocenters. The third-order valence-electron chi connectivity index (χ3n) is 5.22. The van der Waals surface area contributed by atoms with E-state index in [0.29, 0.717) is 27.3 Å². The second-order valence-electron chi connectivity index (χ2n) is 7.40. The van der Waals surface area contributed by atoms with Crippen LogP contribution in [0.15, 0.2) is 24.3 Å². The molecule has 3 N–H and O–H groups in total. The molecule has 3 aromatic rings. The van der Waals surface area contributed by atoms with Gasteiger partial charge in [0.05, 0.1) is 11.2 Å². The van der Waals surface area contributed by atoms with E-state index >= 15 is 0 Å². The molecule has 0 amide bonds. The van der Waals surface area contributed by atoms with Crippen molar-refractivity contribution in [3.05, 3.63) is 29.3 Å². The van der Waals surface area contributed by atoms with E-state index in [9.17, 15) is 13.2 Å². The number of anilines is 1.